The van der Waals surface area contributed by atoms with E-state index in [0.717, 1.165) is 31.2 Å². The second kappa shape index (κ2) is 6.64. The molecule has 0 aliphatic rings. The van der Waals surface area contributed by atoms with Crippen molar-refractivity contribution in [3.63, 3.8) is 0 Å². The Morgan fingerprint density at radius 3 is 2.87 bits per heavy atom. The van der Waals surface area contributed by atoms with Crippen LogP contribution >= 0.6 is 0 Å². The first kappa shape index (κ1) is 12.3. The number of furan rings is 1. The molecular formula is C12H22N2O. The molecule has 1 aromatic heterocycles. The molecule has 1 atom stereocenters. The van der Waals surface area contributed by atoms with E-state index in [1.54, 1.807) is 0 Å². The van der Waals surface area contributed by atoms with Gasteiger partial charge in [-0.1, -0.05) is 6.92 Å². The molecule has 1 heterocycles. The quantitative estimate of drug-likeness (QED) is 0.677. The third kappa shape index (κ3) is 5.00. The van der Waals surface area contributed by atoms with Gasteiger partial charge in [0.2, 0.25) is 0 Å². The number of hydrogen-bond donors (Lipinski definition) is 2. The lowest BCUT2D eigenvalue weighted by Gasteiger charge is -2.07. The van der Waals surface area contributed by atoms with Crippen LogP contribution in [-0.2, 0) is 6.54 Å². The Kier molecular flexibility index (Phi) is 5.43. The Balaban J connectivity index is 2.02. The normalized spacial score (nSPS) is 13.0. The summed E-state index contributed by atoms with van der Waals surface area (Å²) in [6, 6.07) is 4.01. The van der Waals surface area contributed by atoms with E-state index in [1.165, 1.54) is 12.8 Å². The maximum Gasteiger partial charge on any atom is 0.117 e. The second-order valence-electron chi connectivity index (χ2n) is 4.17. The molecule has 0 aliphatic carbocycles. The average molecular weight is 210 g/mol. The van der Waals surface area contributed by atoms with Crippen LogP contribution in [0.3, 0.4) is 0 Å². The largest absolute Gasteiger partial charge is 0.465 e. The monoisotopic (exact) mass is 210 g/mol. The number of aryl methyl sites for hydroxylation is 1. The van der Waals surface area contributed by atoms with Crippen LogP contribution in [0.15, 0.2) is 16.5 Å². The van der Waals surface area contributed by atoms with Gasteiger partial charge in [0.1, 0.15) is 11.5 Å². The summed E-state index contributed by atoms with van der Waals surface area (Å²) in [5.74, 6) is 2.63. The molecule has 1 unspecified atom stereocenters. The SMILES string of the molecule is Cc1ccc(CNCCCC(C)CN)o1. The number of rotatable bonds is 7. The molecule has 0 spiro atoms. The fraction of sp³-hybridized carbons (Fsp3) is 0.667. The summed E-state index contributed by atoms with van der Waals surface area (Å²) in [7, 11) is 0. The maximum absolute atomic E-state index is 5.55. The first-order valence-electron chi connectivity index (χ1n) is 5.68. The maximum atomic E-state index is 5.55. The van der Waals surface area contributed by atoms with Crippen LogP contribution in [0, 0.1) is 12.8 Å². The molecule has 0 aliphatic heterocycles. The van der Waals surface area contributed by atoms with E-state index in [9.17, 15) is 0 Å². The highest BCUT2D eigenvalue weighted by Crippen LogP contribution is 2.06. The van der Waals surface area contributed by atoms with Gasteiger partial charge in [0.15, 0.2) is 0 Å². The van der Waals surface area contributed by atoms with Gasteiger partial charge in [-0.15, -0.1) is 0 Å². The highest BCUT2D eigenvalue weighted by molar-refractivity contribution is 5.04. The number of hydrogen-bond acceptors (Lipinski definition) is 3. The fourth-order valence-electron chi connectivity index (χ4n) is 1.49. The van der Waals surface area contributed by atoms with Gasteiger partial charge < -0.3 is 15.5 Å². The van der Waals surface area contributed by atoms with Crippen LogP contribution < -0.4 is 11.1 Å². The van der Waals surface area contributed by atoms with E-state index in [-0.39, 0.29) is 0 Å². The molecule has 15 heavy (non-hydrogen) atoms. The van der Waals surface area contributed by atoms with Gasteiger partial charge in [-0.3, -0.25) is 0 Å². The lowest BCUT2D eigenvalue weighted by molar-refractivity contribution is 0.449. The van der Waals surface area contributed by atoms with Crippen LogP contribution in [0.5, 0.6) is 0 Å². The molecule has 0 aromatic carbocycles. The molecule has 3 nitrogen and oxygen atoms in total. The van der Waals surface area contributed by atoms with Crippen molar-refractivity contribution >= 4 is 0 Å². The zero-order chi connectivity index (χ0) is 11.1. The minimum absolute atomic E-state index is 0.637. The minimum Gasteiger partial charge on any atom is -0.465 e. The predicted molar refractivity (Wildman–Crippen MR) is 62.6 cm³/mol. The van der Waals surface area contributed by atoms with Gasteiger partial charge in [0.05, 0.1) is 6.54 Å². The molecule has 0 fully saturated rings. The van der Waals surface area contributed by atoms with E-state index in [2.05, 4.69) is 12.2 Å². The van der Waals surface area contributed by atoms with Crippen LogP contribution in [0.4, 0.5) is 0 Å². The van der Waals surface area contributed by atoms with Crippen molar-refractivity contribution in [3.05, 3.63) is 23.7 Å². The summed E-state index contributed by atoms with van der Waals surface area (Å²) < 4.78 is 5.45. The first-order valence-corrected chi connectivity index (χ1v) is 5.68. The molecule has 3 N–H and O–H groups in total. The topological polar surface area (TPSA) is 51.2 Å². The molecular weight excluding hydrogens is 188 g/mol. The van der Waals surface area contributed by atoms with Crippen LogP contribution in [0.25, 0.3) is 0 Å². The zero-order valence-electron chi connectivity index (χ0n) is 9.75. The summed E-state index contributed by atoms with van der Waals surface area (Å²) >= 11 is 0. The van der Waals surface area contributed by atoms with Gasteiger partial charge in [-0.25, -0.2) is 0 Å². The third-order valence-corrected chi connectivity index (χ3v) is 2.55. The molecule has 0 saturated carbocycles. The molecule has 1 aromatic rings. The number of nitrogens with two attached hydrogens (primary N) is 1. The lowest BCUT2D eigenvalue weighted by atomic mass is 10.1. The van der Waals surface area contributed by atoms with Crippen molar-refractivity contribution in [1.29, 1.82) is 0 Å². The molecule has 1 rings (SSSR count). The lowest BCUT2D eigenvalue weighted by Crippen LogP contribution is -2.17. The predicted octanol–water partition coefficient (Wildman–Crippen LogP) is 2.05. The highest BCUT2D eigenvalue weighted by atomic mass is 16.3. The van der Waals surface area contributed by atoms with E-state index >= 15 is 0 Å². The smallest absolute Gasteiger partial charge is 0.117 e. The summed E-state index contributed by atoms with van der Waals surface area (Å²) in [6.45, 7) is 6.80. The average Bonchev–Trinajstić information content (AvgIpc) is 2.63. The standard InChI is InChI=1S/C12H22N2O/c1-10(8-13)4-3-7-14-9-12-6-5-11(2)15-12/h5-6,10,14H,3-4,7-9,13H2,1-2H3. The summed E-state index contributed by atoms with van der Waals surface area (Å²) in [4.78, 5) is 0. The van der Waals surface area contributed by atoms with Crippen molar-refractivity contribution < 1.29 is 4.42 Å². The van der Waals surface area contributed by atoms with Crippen LogP contribution in [0.2, 0.25) is 0 Å². The Morgan fingerprint density at radius 1 is 1.47 bits per heavy atom. The Hall–Kier alpha value is -0.800. The second-order valence-corrected chi connectivity index (χ2v) is 4.17. The van der Waals surface area contributed by atoms with Gasteiger partial charge in [-0.05, 0) is 50.9 Å². The van der Waals surface area contributed by atoms with Gasteiger partial charge in [-0.2, -0.15) is 0 Å². The third-order valence-electron chi connectivity index (χ3n) is 2.55. The van der Waals surface area contributed by atoms with Crippen molar-refractivity contribution in [3.8, 4) is 0 Å². The van der Waals surface area contributed by atoms with E-state index in [0.29, 0.717) is 5.92 Å². The molecule has 0 radical (unpaired) electrons. The first-order chi connectivity index (χ1) is 7.22. The van der Waals surface area contributed by atoms with Crippen LogP contribution in [-0.4, -0.2) is 13.1 Å². The summed E-state index contributed by atoms with van der Waals surface area (Å²) in [5, 5.41) is 3.36. The van der Waals surface area contributed by atoms with E-state index < -0.39 is 0 Å². The van der Waals surface area contributed by atoms with Gasteiger partial charge in [0, 0.05) is 0 Å². The van der Waals surface area contributed by atoms with E-state index in [4.69, 9.17) is 10.2 Å². The molecule has 3 heteroatoms. The van der Waals surface area contributed by atoms with Crippen molar-refractivity contribution in [1.82, 2.24) is 5.32 Å². The van der Waals surface area contributed by atoms with E-state index in [1.807, 2.05) is 19.1 Å². The molecule has 0 saturated heterocycles. The Morgan fingerprint density at radius 2 is 2.27 bits per heavy atom. The van der Waals surface area contributed by atoms with Gasteiger partial charge in [0.25, 0.3) is 0 Å². The van der Waals surface area contributed by atoms with Crippen molar-refractivity contribution in [2.45, 2.75) is 33.2 Å². The molecule has 0 amide bonds. The Bertz CT molecular complexity index is 270. The van der Waals surface area contributed by atoms with Crippen LogP contribution in [0.1, 0.15) is 31.3 Å². The highest BCUT2D eigenvalue weighted by Gasteiger charge is 1.99. The summed E-state index contributed by atoms with van der Waals surface area (Å²) in [5.41, 5.74) is 5.55. The molecule has 86 valence electrons. The molecule has 0 bridgehead atoms. The zero-order valence-corrected chi connectivity index (χ0v) is 9.75. The van der Waals surface area contributed by atoms with Gasteiger partial charge >= 0.3 is 0 Å². The Labute approximate surface area is 92.0 Å². The number of nitrogens with one attached hydrogen (secondary N) is 1. The minimum atomic E-state index is 0.637. The summed E-state index contributed by atoms with van der Waals surface area (Å²) in [6.07, 6.45) is 2.37. The van der Waals surface area contributed by atoms with Crippen molar-refractivity contribution in [2.24, 2.45) is 11.7 Å². The fourth-order valence-corrected chi connectivity index (χ4v) is 1.49. The van der Waals surface area contributed by atoms with Crippen molar-refractivity contribution in [2.75, 3.05) is 13.1 Å².